The van der Waals surface area contributed by atoms with Crippen LogP contribution in [0.4, 0.5) is 5.82 Å². The number of rotatable bonds is 5. The number of aromatic nitrogens is 3. The average Bonchev–Trinajstić information content (AvgIpc) is 3.37. The number of hydrogen-bond donors (Lipinski definition) is 1. The fourth-order valence-corrected chi connectivity index (χ4v) is 3.81. The van der Waals surface area contributed by atoms with E-state index in [-0.39, 0.29) is 24.1 Å². The largest absolute Gasteiger partial charge is 0.461 e. The SMILES string of the molecule is C#C[C@@]1(COC(=O)C(C)c2ccccc2)CC[C@H](n2ccc3c(N)nc(Cl)nc32)O1. The summed E-state index contributed by atoms with van der Waals surface area (Å²) >= 11 is 5.96. The molecule has 1 saturated heterocycles. The minimum absolute atomic E-state index is 0.0207. The fraction of sp³-hybridized carbons (Fsp3) is 0.318. The number of carbonyl (C=O) groups is 1. The van der Waals surface area contributed by atoms with E-state index < -0.39 is 11.5 Å². The van der Waals surface area contributed by atoms with Gasteiger partial charge >= 0.3 is 5.97 Å². The molecule has 0 aliphatic carbocycles. The third kappa shape index (κ3) is 3.72. The molecular weight excluding hydrogens is 404 g/mol. The Labute approximate surface area is 179 Å². The maximum atomic E-state index is 12.5. The second kappa shape index (κ2) is 7.98. The molecule has 3 aromatic rings. The monoisotopic (exact) mass is 424 g/mol. The molecule has 1 unspecified atom stereocenters. The molecular formula is C22H21ClN4O3. The molecule has 30 heavy (non-hydrogen) atoms. The van der Waals surface area contributed by atoms with Crippen LogP contribution in [0.15, 0.2) is 42.6 Å². The summed E-state index contributed by atoms with van der Waals surface area (Å²) in [5.41, 5.74) is 6.38. The van der Waals surface area contributed by atoms with Gasteiger partial charge in [0.05, 0.1) is 11.3 Å². The van der Waals surface area contributed by atoms with Crippen molar-refractivity contribution in [3.63, 3.8) is 0 Å². The molecule has 7 nitrogen and oxygen atoms in total. The van der Waals surface area contributed by atoms with Gasteiger partial charge in [0.15, 0.2) is 5.60 Å². The standard InChI is InChI=1S/C22H21ClN4O3/c1-3-22(13-29-20(28)14(2)15-7-5-4-6-8-15)11-9-17(30-22)27-12-10-16-18(24)25-21(23)26-19(16)27/h1,4-8,10,12,14,17H,9,11,13H2,2H3,(H2,24,25,26)/t14?,17-,22+/m1/s1. The maximum absolute atomic E-state index is 12.5. The van der Waals surface area contributed by atoms with Crippen LogP contribution in [0.1, 0.15) is 37.5 Å². The zero-order valence-electron chi connectivity index (χ0n) is 16.4. The zero-order chi connectivity index (χ0) is 21.3. The van der Waals surface area contributed by atoms with Crippen molar-refractivity contribution in [2.75, 3.05) is 12.3 Å². The number of nitrogens with zero attached hydrogens (tertiary/aromatic N) is 3. The molecule has 0 spiro atoms. The van der Waals surface area contributed by atoms with Crippen molar-refractivity contribution in [3.05, 3.63) is 53.4 Å². The lowest BCUT2D eigenvalue weighted by molar-refractivity contribution is -0.153. The Morgan fingerprint density at radius 2 is 2.20 bits per heavy atom. The van der Waals surface area contributed by atoms with Gasteiger partial charge in [-0.05, 0) is 43.0 Å². The lowest BCUT2D eigenvalue weighted by atomic mass is 10.0. The molecule has 0 bridgehead atoms. The van der Waals surface area contributed by atoms with Crippen molar-refractivity contribution >= 4 is 34.4 Å². The van der Waals surface area contributed by atoms with Crippen LogP contribution in [0, 0.1) is 12.3 Å². The van der Waals surface area contributed by atoms with E-state index in [2.05, 4.69) is 15.9 Å². The predicted octanol–water partition coefficient (Wildman–Crippen LogP) is 3.69. The Kier molecular flexibility index (Phi) is 5.37. The van der Waals surface area contributed by atoms with Crippen molar-refractivity contribution in [2.45, 2.75) is 37.5 Å². The second-order valence-corrected chi connectivity index (χ2v) is 7.67. The number of fused-ring (bicyclic) bond motifs is 1. The van der Waals surface area contributed by atoms with E-state index in [9.17, 15) is 4.79 Å². The molecule has 0 radical (unpaired) electrons. The highest BCUT2D eigenvalue weighted by Crippen LogP contribution is 2.38. The van der Waals surface area contributed by atoms with Crippen LogP contribution < -0.4 is 5.73 Å². The smallest absolute Gasteiger partial charge is 0.313 e. The van der Waals surface area contributed by atoms with Gasteiger partial charge in [0, 0.05) is 6.20 Å². The number of benzene rings is 1. The second-order valence-electron chi connectivity index (χ2n) is 7.33. The average molecular weight is 425 g/mol. The summed E-state index contributed by atoms with van der Waals surface area (Å²) in [5, 5.41) is 0.745. The van der Waals surface area contributed by atoms with E-state index in [1.807, 2.05) is 47.2 Å². The normalized spacial score (nSPS) is 22.0. The van der Waals surface area contributed by atoms with Crippen LogP contribution in [0.25, 0.3) is 11.0 Å². The molecule has 8 heteroatoms. The number of nitrogen functional groups attached to an aromatic ring is 1. The number of hydrogen-bond acceptors (Lipinski definition) is 6. The lowest BCUT2D eigenvalue weighted by Crippen LogP contribution is -2.34. The van der Waals surface area contributed by atoms with Crippen LogP contribution in [0.5, 0.6) is 0 Å². The first-order valence-corrected chi connectivity index (χ1v) is 9.97. The van der Waals surface area contributed by atoms with E-state index in [1.165, 1.54) is 0 Å². The molecule has 2 N–H and O–H groups in total. The summed E-state index contributed by atoms with van der Waals surface area (Å²) in [6, 6.07) is 11.3. The van der Waals surface area contributed by atoms with Crippen LogP contribution in [0.3, 0.4) is 0 Å². The van der Waals surface area contributed by atoms with Gasteiger partial charge < -0.3 is 19.8 Å². The molecule has 3 atom stereocenters. The van der Waals surface area contributed by atoms with Crippen LogP contribution in [0.2, 0.25) is 5.28 Å². The summed E-state index contributed by atoms with van der Waals surface area (Å²) in [6.45, 7) is 1.78. The van der Waals surface area contributed by atoms with Crippen molar-refractivity contribution in [2.24, 2.45) is 0 Å². The highest BCUT2D eigenvalue weighted by atomic mass is 35.5. The molecule has 4 rings (SSSR count). The van der Waals surface area contributed by atoms with Crippen molar-refractivity contribution in [3.8, 4) is 12.3 Å². The van der Waals surface area contributed by atoms with Gasteiger partial charge in [-0.1, -0.05) is 36.3 Å². The number of ether oxygens (including phenoxy) is 2. The molecule has 154 valence electrons. The van der Waals surface area contributed by atoms with E-state index >= 15 is 0 Å². The zero-order valence-corrected chi connectivity index (χ0v) is 17.2. The van der Waals surface area contributed by atoms with E-state index in [4.69, 9.17) is 33.2 Å². The first-order valence-electron chi connectivity index (χ1n) is 9.59. The Morgan fingerprint density at radius 3 is 2.93 bits per heavy atom. The first-order chi connectivity index (χ1) is 14.4. The van der Waals surface area contributed by atoms with Gasteiger partial charge in [-0.2, -0.15) is 4.98 Å². The topological polar surface area (TPSA) is 92.3 Å². The summed E-state index contributed by atoms with van der Waals surface area (Å²) in [6.07, 6.45) is 8.37. The lowest BCUT2D eigenvalue weighted by Gasteiger charge is -2.25. The molecule has 1 aliphatic heterocycles. The van der Waals surface area contributed by atoms with E-state index in [1.54, 1.807) is 6.92 Å². The number of nitrogens with two attached hydrogens (primary N) is 1. The molecule has 1 fully saturated rings. The van der Waals surface area contributed by atoms with Gasteiger partial charge in [-0.15, -0.1) is 6.42 Å². The first kappa shape index (κ1) is 20.2. The van der Waals surface area contributed by atoms with E-state index in [0.29, 0.717) is 29.7 Å². The van der Waals surface area contributed by atoms with Gasteiger partial charge in [0.1, 0.15) is 24.3 Å². The number of halogens is 1. The van der Waals surface area contributed by atoms with Crippen LogP contribution in [-0.2, 0) is 14.3 Å². The number of anilines is 1. The predicted molar refractivity (Wildman–Crippen MR) is 114 cm³/mol. The summed E-state index contributed by atoms with van der Waals surface area (Å²) in [5.74, 6) is 2.24. The maximum Gasteiger partial charge on any atom is 0.313 e. The third-order valence-corrected chi connectivity index (χ3v) is 5.57. The fourth-order valence-electron chi connectivity index (χ4n) is 3.64. The quantitative estimate of drug-likeness (QED) is 0.381. The number of carbonyl (C=O) groups excluding carboxylic acids is 1. The molecule has 3 heterocycles. The van der Waals surface area contributed by atoms with Crippen LogP contribution in [-0.4, -0.2) is 32.7 Å². The van der Waals surface area contributed by atoms with Crippen molar-refractivity contribution in [1.82, 2.24) is 14.5 Å². The molecule has 2 aromatic heterocycles. The van der Waals surface area contributed by atoms with Gasteiger partial charge in [-0.3, -0.25) is 4.79 Å². The van der Waals surface area contributed by atoms with Crippen molar-refractivity contribution in [1.29, 1.82) is 0 Å². The van der Waals surface area contributed by atoms with Gasteiger partial charge in [0.25, 0.3) is 0 Å². The Bertz CT molecular complexity index is 1120. The Balaban J connectivity index is 1.48. The molecule has 1 aliphatic rings. The minimum atomic E-state index is -1.00. The van der Waals surface area contributed by atoms with Crippen molar-refractivity contribution < 1.29 is 14.3 Å². The highest BCUT2D eigenvalue weighted by Gasteiger charge is 2.41. The Hall–Kier alpha value is -3.08. The number of esters is 1. The van der Waals surface area contributed by atoms with Gasteiger partial charge in [-0.25, -0.2) is 4.98 Å². The third-order valence-electron chi connectivity index (χ3n) is 5.40. The minimum Gasteiger partial charge on any atom is -0.461 e. The van der Waals surface area contributed by atoms with E-state index in [0.717, 1.165) is 5.56 Å². The molecule has 0 saturated carbocycles. The summed E-state index contributed by atoms with van der Waals surface area (Å²) < 4.78 is 13.5. The summed E-state index contributed by atoms with van der Waals surface area (Å²) in [7, 11) is 0. The van der Waals surface area contributed by atoms with Gasteiger partial charge in [0.2, 0.25) is 5.28 Å². The molecule has 0 amide bonds. The molecule has 1 aromatic carbocycles. The highest BCUT2D eigenvalue weighted by molar-refractivity contribution is 6.28. The number of terminal acetylenes is 1. The van der Waals surface area contributed by atoms with Crippen LogP contribution >= 0.6 is 11.6 Å². The summed E-state index contributed by atoms with van der Waals surface area (Å²) in [4.78, 5) is 20.8. The Morgan fingerprint density at radius 1 is 1.43 bits per heavy atom.